The quantitative estimate of drug-likeness (QED) is 0.886. The summed E-state index contributed by atoms with van der Waals surface area (Å²) >= 11 is 0. The Balaban J connectivity index is 2.01. The average Bonchev–Trinajstić information content (AvgIpc) is 2.52. The number of amides is 1. The third-order valence-electron chi connectivity index (χ3n) is 3.70. The second-order valence-electron chi connectivity index (χ2n) is 5.73. The molecule has 3 N–H and O–H groups in total. The van der Waals surface area contributed by atoms with E-state index in [0.29, 0.717) is 5.92 Å². The van der Waals surface area contributed by atoms with Crippen molar-refractivity contribution in [3.8, 4) is 0 Å². The summed E-state index contributed by atoms with van der Waals surface area (Å²) in [7, 11) is 0. The van der Waals surface area contributed by atoms with Gasteiger partial charge in [-0.3, -0.25) is 4.79 Å². The predicted octanol–water partition coefficient (Wildman–Crippen LogP) is 3.52. The summed E-state index contributed by atoms with van der Waals surface area (Å²) in [6, 6.07) is 10.6. The first-order valence-corrected chi connectivity index (χ1v) is 7.47. The van der Waals surface area contributed by atoms with E-state index < -0.39 is 29.1 Å². The van der Waals surface area contributed by atoms with Gasteiger partial charge in [-0.15, -0.1) is 0 Å². The number of halogens is 2. The molecule has 0 fully saturated rings. The second kappa shape index (κ2) is 7.33. The Bertz CT molecular complexity index is 664. The van der Waals surface area contributed by atoms with E-state index in [-0.39, 0.29) is 6.54 Å². The predicted molar refractivity (Wildman–Crippen MR) is 86.2 cm³/mol. The molecule has 0 saturated heterocycles. The minimum Gasteiger partial charge on any atom is -0.350 e. The molecular formula is C18H20F2N2O. The number of nitrogens with one attached hydrogen (secondary N) is 1. The van der Waals surface area contributed by atoms with Crippen molar-refractivity contribution < 1.29 is 13.6 Å². The summed E-state index contributed by atoms with van der Waals surface area (Å²) in [6.45, 7) is 4.28. The van der Waals surface area contributed by atoms with Crippen LogP contribution in [0.3, 0.4) is 0 Å². The highest BCUT2D eigenvalue weighted by molar-refractivity contribution is 5.94. The van der Waals surface area contributed by atoms with Crippen molar-refractivity contribution >= 4 is 5.91 Å². The molecule has 0 saturated carbocycles. The number of nitrogens with two attached hydrogens (primary N) is 1. The van der Waals surface area contributed by atoms with Gasteiger partial charge in [0.25, 0.3) is 5.91 Å². The summed E-state index contributed by atoms with van der Waals surface area (Å²) in [5.74, 6) is -2.17. The van der Waals surface area contributed by atoms with Crippen LogP contribution < -0.4 is 11.1 Å². The van der Waals surface area contributed by atoms with E-state index in [1.165, 1.54) is 11.6 Å². The summed E-state index contributed by atoms with van der Waals surface area (Å²) in [4.78, 5) is 11.9. The van der Waals surface area contributed by atoms with Crippen molar-refractivity contribution in [2.45, 2.75) is 25.8 Å². The van der Waals surface area contributed by atoms with Gasteiger partial charge in [-0.1, -0.05) is 44.2 Å². The van der Waals surface area contributed by atoms with Gasteiger partial charge in [0.15, 0.2) is 0 Å². The Morgan fingerprint density at radius 2 is 1.57 bits per heavy atom. The summed E-state index contributed by atoms with van der Waals surface area (Å²) in [5, 5.41) is 2.47. The van der Waals surface area contributed by atoms with Crippen molar-refractivity contribution in [2.75, 3.05) is 6.54 Å². The Morgan fingerprint density at radius 3 is 2.09 bits per heavy atom. The monoisotopic (exact) mass is 318 g/mol. The van der Waals surface area contributed by atoms with Gasteiger partial charge in [-0.05, 0) is 29.2 Å². The fraction of sp³-hybridized carbons (Fsp3) is 0.278. The Labute approximate surface area is 134 Å². The van der Waals surface area contributed by atoms with E-state index in [1.807, 2.05) is 24.3 Å². The second-order valence-corrected chi connectivity index (χ2v) is 5.73. The van der Waals surface area contributed by atoms with Crippen molar-refractivity contribution in [3.05, 3.63) is 70.8 Å². The molecule has 0 spiro atoms. The molecule has 0 aliphatic rings. The molecule has 0 bridgehead atoms. The van der Waals surface area contributed by atoms with Crippen LogP contribution in [0.25, 0.3) is 0 Å². The Morgan fingerprint density at radius 1 is 1.04 bits per heavy atom. The van der Waals surface area contributed by atoms with Crippen LogP contribution >= 0.6 is 0 Å². The fourth-order valence-corrected chi connectivity index (χ4v) is 2.25. The molecule has 122 valence electrons. The lowest BCUT2D eigenvalue weighted by Crippen LogP contribution is -2.33. The van der Waals surface area contributed by atoms with E-state index in [9.17, 15) is 13.6 Å². The summed E-state index contributed by atoms with van der Waals surface area (Å²) in [6.07, 6.45) is 0. The van der Waals surface area contributed by atoms with Gasteiger partial charge in [0.05, 0.1) is 0 Å². The Kier molecular flexibility index (Phi) is 5.45. The molecule has 1 atom stereocenters. The van der Waals surface area contributed by atoms with Gasteiger partial charge in [-0.25, -0.2) is 8.78 Å². The molecule has 2 aromatic carbocycles. The van der Waals surface area contributed by atoms with Crippen molar-refractivity contribution in [1.29, 1.82) is 0 Å². The molecule has 23 heavy (non-hydrogen) atoms. The number of benzene rings is 2. The summed E-state index contributed by atoms with van der Waals surface area (Å²) in [5.41, 5.74) is 7.48. The molecule has 3 nitrogen and oxygen atoms in total. The number of carbonyl (C=O) groups is 1. The fourth-order valence-electron chi connectivity index (χ4n) is 2.25. The van der Waals surface area contributed by atoms with E-state index in [4.69, 9.17) is 5.73 Å². The van der Waals surface area contributed by atoms with Gasteiger partial charge in [0.2, 0.25) is 0 Å². The lowest BCUT2D eigenvalue weighted by molar-refractivity contribution is 0.0942. The highest BCUT2D eigenvalue weighted by Crippen LogP contribution is 2.18. The van der Waals surface area contributed by atoms with E-state index >= 15 is 0 Å². The maximum atomic E-state index is 13.5. The van der Waals surface area contributed by atoms with E-state index in [2.05, 4.69) is 19.2 Å². The smallest absolute Gasteiger partial charge is 0.257 e. The maximum absolute atomic E-state index is 13.5. The molecule has 2 aromatic rings. The van der Waals surface area contributed by atoms with Crippen molar-refractivity contribution in [3.63, 3.8) is 0 Å². The zero-order valence-electron chi connectivity index (χ0n) is 13.1. The molecule has 2 rings (SSSR count). The van der Waals surface area contributed by atoms with Crippen LogP contribution in [-0.2, 0) is 0 Å². The molecule has 5 heteroatoms. The lowest BCUT2D eigenvalue weighted by atomic mass is 9.99. The SMILES string of the molecule is CC(C)c1ccc(C(N)CNC(=O)c2c(F)cccc2F)cc1. The van der Waals surface area contributed by atoms with Gasteiger partial charge >= 0.3 is 0 Å². The Hall–Kier alpha value is -2.27. The normalized spacial score (nSPS) is 12.3. The third kappa shape index (κ3) is 4.13. The molecule has 0 heterocycles. The van der Waals surface area contributed by atoms with Crippen LogP contribution in [0.15, 0.2) is 42.5 Å². The molecular weight excluding hydrogens is 298 g/mol. The first-order chi connectivity index (χ1) is 10.9. The lowest BCUT2D eigenvalue weighted by Gasteiger charge is -2.15. The largest absolute Gasteiger partial charge is 0.350 e. The van der Waals surface area contributed by atoms with Crippen LogP contribution in [0.5, 0.6) is 0 Å². The van der Waals surface area contributed by atoms with Gasteiger partial charge in [-0.2, -0.15) is 0 Å². The number of hydrogen-bond acceptors (Lipinski definition) is 2. The van der Waals surface area contributed by atoms with Crippen LogP contribution in [0.1, 0.15) is 47.3 Å². The number of rotatable bonds is 5. The first kappa shape index (κ1) is 17.1. The maximum Gasteiger partial charge on any atom is 0.257 e. The first-order valence-electron chi connectivity index (χ1n) is 7.47. The van der Waals surface area contributed by atoms with E-state index in [0.717, 1.165) is 17.7 Å². The minimum atomic E-state index is -0.891. The van der Waals surface area contributed by atoms with Crippen LogP contribution in [0.4, 0.5) is 8.78 Å². The molecule has 0 aromatic heterocycles. The molecule has 1 amide bonds. The van der Waals surface area contributed by atoms with Crippen LogP contribution in [-0.4, -0.2) is 12.5 Å². The number of hydrogen-bond donors (Lipinski definition) is 2. The highest BCUT2D eigenvalue weighted by atomic mass is 19.1. The van der Waals surface area contributed by atoms with Gasteiger partial charge in [0.1, 0.15) is 17.2 Å². The average molecular weight is 318 g/mol. The third-order valence-corrected chi connectivity index (χ3v) is 3.70. The zero-order chi connectivity index (χ0) is 17.0. The summed E-state index contributed by atoms with van der Waals surface area (Å²) < 4.78 is 27.1. The minimum absolute atomic E-state index is 0.0909. The van der Waals surface area contributed by atoms with Crippen molar-refractivity contribution in [2.24, 2.45) is 5.73 Å². The number of carbonyl (C=O) groups excluding carboxylic acids is 1. The van der Waals surface area contributed by atoms with Gasteiger partial charge in [0, 0.05) is 12.6 Å². The zero-order valence-corrected chi connectivity index (χ0v) is 13.1. The van der Waals surface area contributed by atoms with Crippen LogP contribution in [0.2, 0.25) is 0 Å². The molecule has 0 aliphatic heterocycles. The van der Waals surface area contributed by atoms with E-state index in [1.54, 1.807) is 0 Å². The molecule has 1 unspecified atom stereocenters. The molecule has 0 aliphatic carbocycles. The topological polar surface area (TPSA) is 55.1 Å². The molecule has 0 radical (unpaired) electrons. The van der Waals surface area contributed by atoms with Gasteiger partial charge < -0.3 is 11.1 Å². The van der Waals surface area contributed by atoms with Crippen LogP contribution in [0, 0.1) is 11.6 Å². The standard InChI is InChI=1S/C18H20F2N2O/c1-11(2)12-6-8-13(9-7-12)16(21)10-22-18(23)17-14(19)4-3-5-15(17)20/h3-9,11,16H,10,21H2,1-2H3,(H,22,23). The highest BCUT2D eigenvalue weighted by Gasteiger charge is 2.17. The van der Waals surface area contributed by atoms with Crippen molar-refractivity contribution in [1.82, 2.24) is 5.32 Å².